The van der Waals surface area contributed by atoms with E-state index in [2.05, 4.69) is 10.4 Å². The van der Waals surface area contributed by atoms with Gasteiger partial charge in [0.2, 0.25) is 0 Å². The summed E-state index contributed by atoms with van der Waals surface area (Å²) in [6, 6.07) is 13.6. The number of anilines is 3. The van der Waals surface area contributed by atoms with E-state index >= 15 is 0 Å². The molecular weight excluding hydrogens is 419 g/mol. The number of nitrogens with zero attached hydrogens (tertiary/aromatic N) is 3. The van der Waals surface area contributed by atoms with Crippen molar-refractivity contribution in [2.75, 3.05) is 37.0 Å². The van der Waals surface area contributed by atoms with Crippen LogP contribution in [0, 0.1) is 11.7 Å². The molecule has 2 aromatic carbocycles. The Morgan fingerprint density at radius 2 is 1.87 bits per heavy atom. The quantitative estimate of drug-likeness (QED) is 0.603. The van der Waals surface area contributed by atoms with Crippen LogP contribution >= 0.6 is 11.6 Å². The highest BCUT2D eigenvalue weighted by Crippen LogP contribution is 2.25. The summed E-state index contributed by atoms with van der Waals surface area (Å²) in [5.41, 5.74) is 2.50. The monoisotopic (exact) mass is 442 g/mol. The molecule has 1 saturated heterocycles. The van der Waals surface area contributed by atoms with Gasteiger partial charge in [0.1, 0.15) is 10.8 Å². The van der Waals surface area contributed by atoms with Gasteiger partial charge in [-0.15, -0.1) is 0 Å². The Hall–Kier alpha value is -2.90. The summed E-state index contributed by atoms with van der Waals surface area (Å²) in [7, 11) is 1.89. The minimum atomic E-state index is -0.383. The number of nitrogens with one attached hydrogen (secondary N) is 1. The lowest BCUT2D eigenvalue weighted by Gasteiger charge is -2.23. The second kappa shape index (κ2) is 9.49. The molecular formula is C23H24ClFN4O2. The fraction of sp³-hybridized carbons (Fsp3) is 0.304. The van der Waals surface area contributed by atoms with E-state index in [4.69, 9.17) is 16.3 Å². The lowest BCUT2D eigenvalue weighted by Crippen LogP contribution is -2.26. The number of halogens is 2. The molecule has 0 radical (unpaired) electrons. The predicted molar refractivity (Wildman–Crippen MR) is 121 cm³/mol. The minimum absolute atomic E-state index is 0.110. The summed E-state index contributed by atoms with van der Waals surface area (Å²) in [6.07, 6.45) is 3.71. The number of aromatic nitrogens is 2. The number of hydrogen-bond donors (Lipinski definition) is 1. The fourth-order valence-electron chi connectivity index (χ4n) is 3.59. The van der Waals surface area contributed by atoms with Gasteiger partial charge in [0, 0.05) is 31.6 Å². The highest BCUT2D eigenvalue weighted by molar-refractivity contribution is 6.32. The Kier molecular flexibility index (Phi) is 6.53. The van der Waals surface area contributed by atoms with Crippen LogP contribution in [0.4, 0.5) is 21.5 Å². The Morgan fingerprint density at radius 1 is 1.19 bits per heavy atom. The molecule has 0 spiro atoms. The molecule has 31 heavy (non-hydrogen) atoms. The van der Waals surface area contributed by atoms with Crippen molar-refractivity contribution in [1.29, 1.82) is 0 Å². The summed E-state index contributed by atoms with van der Waals surface area (Å²) in [5, 5.41) is 7.62. The highest BCUT2D eigenvalue weighted by Gasteiger charge is 2.16. The minimum Gasteiger partial charge on any atom is -0.382 e. The Labute approximate surface area is 185 Å². The maximum Gasteiger partial charge on any atom is 0.292 e. The second-order valence-corrected chi connectivity index (χ2v) is 7.98. The van der Waals surface area contributed by atoms with Crippen molar-refractivity contribution in [3.05, 3.63) is 75.9 Å². The number of ether oxygens (including phenoxy) is 1. The maximum absolute atomic E-state index is 13.2. The van der Waals surface area contributed by atoms with Crippen LogP contribution in [0.2, 0.25) is 5.02 Å². The summed E-state index contributed by atoms with van der Waals surface area (Å²) >= 11 is 6.33. The second-order valence-electron chi connectivity index (χ2n) is 7.61. The van der Waals surface area contributed by atoms with E-state index in [1.165, 1.54) is 16.8 Å². The standard InChI is InChI=1S/C23H24ClFN4O2/c1-28(18-6-4-17(25)5-7-18)19-8-10-20(11-9-19)29-23(30)22(24)21(14-27-29)26-13-16-3-2-12-31-15-16/h4-11,14,16,26H,2-3,12-13,15H2,1H3/t16-/m0/s1. The van der Waals surface area contributed by atoms with Gasteiger partial charge < -0.3 is 15.0 Å². The molecule has 0 aliphatic carbocycles. The zero-order valence-electron chi connectivity index (χ0n) is 17.2. The van der Waals surface area contributed by atoms with Crippen molar-refractivity contribution in [1.82, 2.24) is 9.78 Å². The number of hydrogen-bond acceptors (Lipinski definition) is 5. The van der Waals surface area contributed by atoms with Crippen molar-refractivity contribution in [3.8, 4) is 5.69 Å². The first-order valence-electron chi connectivity index (χ1n) is 10.2. The van der Waals surface area contributed by atoms with Gasteiger partial charge in [-0.1, -0.05) is 11.6 Å². The molecule has 1 aromatic heterocycles. The summed E-state index contributed by atoms with van der Waals surface area (Å²) in [4.78, 5) is 14.7. The van der Waals surface area contributed by atoms with Crippen LogP contribution in [0.3, 0.4) is 0 Å². The summed E-state index contributed by atoms with van der Waals surface area (Å²) in [5.74, 6) is 0.123. The van der Waals surface area contributed by atoms with Crippen LogP contribution < -0.4 is 15.8 Å². The van der Waals surface area contributed by atoms with Crippen molar-refractivity contribution in [2.45, 2.75) is 12.8 Å². The van der Waals surface area contributed by atoms with Gasteiger partial charge in [-0.25, -0.2) is 4.39 Å². The first-order valence-corrected chi connectivity index (χ1v) is 10.6. The Morgan fingerprint density at radius 3 is 2.52 bits per heavy atom. The largest absolute Gasteiger partial charge is 0.382 e. The zero-order chi connectivity index (χ0) is 21.8. The van der Waals surface area contributed by atoms with Crippen LogP contribution in [0.15, 0.2) is 59.5 Å². The summed E-state index contributed by atoms with van der Waals surface area (Å²) < 4.78 is 19.9. The molecule has 2 heterocycles. The van der Waals surface area contributed by atoms with Crippen molar-refractivity contribution < 1.29 is 9.13 Å². The van der Waals surface area contributed by atoms with Crippen LogP contribution in [-0.2, 0) is 4.74 Å². The van der Waals surface area contributed by atoms with Gasteiger partial charge in [0.15, 0.2) is 0 Å². The van der Waals surface area contributed by atoms with Gasteiger partial charge in [0.05, 0.1) is 24.2 Å². The highest BCUT2D eigenvalue weighted by atomic mass is 35.5. The molecule has 1 N–H and O–H groups in total. The van der Waals surface area contributed by atoms with Gasteiger partial charge in [-0.3, -0.25) is 4.79 Å². The smallest absolute Gasteiger partial charge is 0.292 e. The first kappa shape index (κ1) is 21.3. The first-order chi connectivity index (χ1) is 15.0. The lowest BCUT2D eigenvalue weighted by atomic mass is 10.0. The SMILES string of the molecule is CN(c1ccc(F)cc1)c1ccc(-n2ncc(NC[C@@H]3CCCOC3)c(Cl)c2=O)cc1. The Balaban J connectivity index is 1.49. The molecule has 1 aliphatic heterocycles. The van der Waals surface area contributed by atoms with Crippen LogP contribution in [0.5, 0.6) is 0 Å². The molecule has 3 aromatic rings. The molecule has 0 saturated carbocycles. The van der Waals surface area contributed by atoms with Gasteiger partial charge >= 0.3 is 0 Å². The van der Waals surface area contributed by atoms with Gasteiger partial charge in [-0.2, -0.15) is 9.78 Å². The van der Waals surface area contributed by atoms with E-state index in [-0.39, 0.29) is 16.4 Å². The normalized spacial score (nSPS) is 16.2. The predicted octanol–water partition coefficient (Wildman–Crippen LogP) is 4.63. The van der Waals surface area contributed by atoms with E-state index in [9.17, 15) is 9.18 Å². The third-order valence-electron chi connectivity index (χ3n) is 5.45. The third-order valence-corrected chi connectivity index (χ3v) is 5.82. The van der Waals surface area contributed by atoms with Crippen LogP contribution in [-0.4, -0.2) is 36.6 Å². The Bertz CT molecular complexity index is 1080. The van der Waals surface area contributed by atoms with E-state index in [0.29, 0.717) is 30.4 Å². The molecule has 4 rings (SSSR count). The van der Waals surface area contributed by atoms with Gasteiger partial charge in [0.25, 0.3) is 5.56 Å². The van der Waals surface area contributed by atoms with E-state index < -0.39 is 0 Å². The van der Waals surface area contributed by atoms with Crippen LogP contribution in [0.25, 0.3) is 5.69 Å². The zero-order valence-corrected chi connectivity index (χ0v) is 18.0. The lowest BCUT2D eigenvalue weighted by molar-refractivity contribution is 0.0595. The molecule has 0 bridgehead atoms. The van der Waals surface area contributed by atoms with E-state index in [1.54, 1.807) is 30.5 Å². The molecule has 6 nitrogen and oxygen atoms in total. The number of benzene rings is 2. The van der Waals surface area contributed by atoms with E-state index in [1.807, 2.05) is 24.1 Å². The van der Waals surface area contributed by atoms with Crippen molar-refractivity contribution >= 4 is 28.7 Å². The topological polar surface area (TPSA) is 59.4 Å². The molecule has 162 valence electrons. The van der Waals surface area contributed by atoms with Crippen molar-refractivity contribution in [3.63, 3.8) is 0 Å². The maximum atomic E-state index is 13.2. The molecule has 8 heteroatoms. The average molecular weight is 443 g/mol. The number of rotatable bonds is 6. The van der Waals surface area contributed by atoms with Crippen LogP contribution in [0.1, 0.15) is 12.8 Å². The molecule has 1 fully saturated rings. The molecule has 1 aliphatic rings. The average Bonchev–Trinajstić information content (AvgIpc) is 2.81. The summed E-state index contributed by atoms with van der Waals surface area (Å²) in [6.45, 7) is 2.22. The van der Waals surface area contributed by atoms with Crippen molar-refractivity contribution in [2.24, 2.45) is 5.92 Å². The van der Waals surface area contributed by atoms with E-state index in [0.717, 1.165) is 30.8 Å². The fourth-order valence-corrected chi connectivity index (χ4v) is 3.79. The molecule has 1 atom stereocenters. The molecule has 0 amide bonds. The third kappa shape index (κ3) is 4.89. The molecule has 0 unspecified atom stereocenters. The van der Waals surface area contributed by atoms with Gasteiger partial charge in [-0.05, 0) is 67.3 Å².